The molecule has 0 aliphatic rings. The Morgan fingerprint density at radius 1 is 1.29 bits per heavy atom. The Bertz CT molecular complexity index is 492. The van der Waals surface area contributed by atoms with E-state index in [0.29, 0.717) is 5.92 Å². The molecule has 1 unspecified atom stereocenters. The minimum absolute atomic E-state index is 0.598. The maximum Gasteiger partial charge on any atom is 0.288 e. The van der Waals surface area contributed by atoms with Crippen LogP contribution in [0, 0.1) is 0 Å². The third kappa shape index (κ3) is 2.12. The van der Waals surface area contributed by atoms with Gasteiger partial charge in [0, 0.05) is 0 Å². The van der Waals surface area contributed by atoms with E-state index in [1.165, 1.54) is 23.4 Å². The van der Waals surface area contributed by atoms with Crippen molar-refractivity contribution in [1.29, 1.82) is 0 Å². The number of aryl methyl sites for hydroxylation is 2. The van der Waals surface area contributed by atoms with Crippen LogP contribution < -0.4 is 4.57 Å². The van der Waals surface area contributed by atoms with Crippen molar-refractivity contribution < 1.29 is 4.57 Å². The zero-order valence-corrected chi connectivity index (χ0v) is 11.1. The first-order valence-corrected chi connectivity index (χ1v) is 6.25. The molecule has 2 aromatic rings. The summed E-state index contributed by atoms with van der Waals surface area (Å²) in [5, 5.41) is 0. The van der Waals surface area contributed by atoms with Crippen molar-refractivity contribution in [2.24, 2.45) is 14.1 Å². The maximum absolute atomic E-state index is 2.29. The summed E-state index contributed by atoms with van der Waals surface area (Å²) < 4.78 is 4.36. The quantitative estimate of drug-likeness (QED) is 0.715. The Balaban J connectivity index is 2.60. The number of benzene rings is 1. The topological polar surface area (TPSA) is 8.81 Å². The zero-order chi connectivity index (χ0) is 12.4. The summed E-state index contributed by atoms with van der Waals surface area (Å²) >= 11 is 0. The average molecular weight is 229 g/mol. The monoisotopic (exact) mass is 229 g/mol. The Labute approximate surface area is 104 Å². The molecule has 1 aromatic carbocycles. The Kier molecular flexibility index (Phi) is 3.32. The molecule has 0 spiro atoms. The third-order valence-corrected chi connectivity index (χ3v) is 3.53. The highest BCUT2D eigenvalue weighted by Gasteiger charge is 2.19. The van der Waals surface area contributed by atoms with E-state index in [0.717, 1.165) is 0 Å². The molecule has 0 amide bonds. The van der Waals surface area contributed by atoms with Crippen LogP contribution in [0.25, 0.3) is 11.4 Å². The lowest BCUT2D eigenvalue weighted by atomic mass is 9.93. The van der Waals surface area contributed by atoms with Crippen molar-refractivity contribution in [3.8, 4) is 11.4 Å². The summed E-state index contributed by atoms with van der Waals surface area (Å²) in [6, 6.07) is 8.72. The molecule has 0 fully saturated rings. The number of imidazole rings is 1. The number of aromatic nitrogens is 2. The van der Waals surface area contributed by atoms with Gasteiger partial charge in [0.25, 0.3) is 5.82 Å². The lowest BCUT2D eigenvalue weighted by molar-refractivity contribution is -0.659. The van der Waals surface area contributed by atoms with Crippen LogP contribution in [0.3, 0.4) is 0 Å². The van der Waals surface area contributed by atoms with Crippen LogP contribution in [0.2, 0.25) is 0 Å². The fraction of sp³-hybridized carbons (Fsp3) is 0.400. The van der Waals surface area contributed by atoms with Gasteiger partial charge in [-0.15, -0.1) is 0 Å². The molecule has 0 bridgehead atoms. The molecule has 0 aliphatic carbocycles. The second kappa shape index (κ2) is 4.74. The SMILES string of the molecule is CCC(C)c1ccccc1-c1n(C)cc[n+]1C. The highest BCUT2D eigenvalue weighted by atomic mass is 15.1. The van der Waals surface area contributed by atoms with Crippen molar-refractivity contribution >= 4 is 0 Å². The lowest BCUT2D eigenvalue weighted by Crippen LogP contribution is -2.29. The van der Waals surface area contributed by atoms with Crippen LogP contribution >= 0.6 is 0 Å². The fourth-order valence-electron chi connectivity index (χ4n) is 2.32. The van der Waals surface area contributed by atoms with Crippen LogP contribution in [0.5, 0.6) is 0 Å². The van der Waals surface area contributed by atoms with E-state index < -0.39 is 0 Å². The van der Waals surface area contributed by atoms with E-state index >= 15 is 0 Å². The van der Waals surface area contributed by atoms with E-state index in [1.807, 2.05) is 0 Å². The van der Waals surface area contributed by atoms with Crippen LogP contribution in [0.4, 0.5) is 0 Å². The van der Waals surface area contributed by atoms with Gasteiger partial charge in [-0.3, -0.25) is 0 Å². The van der Waals surface area contributed by atoms with Crippen LogP contribution in [0.15, 0.2) is 36.7 Å². The minimum atomic E-state index is 0.598. The average Bonchev–Trinajstić information content (AvgIpc) is 2.68. The van der Waals surface area contributed by atoms with Gasteiger partial charge < -0.3 is 0 Å². The van der Waals surface area contributed by atoms with Gasteiger partial charge in [0.05, 0.1) is 19.7 Å². The van der Waals surface area contributed by atoms with Gasteiger partial charge in [-0.05, 0) is 24.0 Å². The Hall–Kier alpha value is -1.57. The van der Waals surface area contributed by atoms with E-state index in [-0.39, 0.29) is 0 Å². The van der Waals surface area contributed by atoms with Crippen LogP contribution in [-0.4, -0.2) is 4.57 Å². The number of nitrogens with zero attached hydrogens (tertiary/aromatic N) is 2. The van der Waals surface area contributed by atoms with Crippen molar-refractivity contribution in [2.45, 2.75) is 26.2 Å². The van der Waals surface area contributed by atoms with Crippen molar-refractivity contribution in [3.05, 3.63) is 42.2 Å². The third-order valence-electron chi connectivity index (χ3n) is 3.53. The molecule has 0 N–H and O–H groups in total. The molecule has 1 atom stereocenters. The van der Waals surface area contributed by atoms with E-state index in [9.17, 15) is 0 Å². The molecule has 17 heavy (non-hydrogen) atoms. The molecule has 2 heteroatoms. The molecule has 0 saturated heterocycles. The smallest absolute Gasteiger partial charge is 0.233 e. The van der Waals surface area contributed by atoms with Gasteiger partial charge in [0.1, 0.15) is 12.4 Å². The molecule has 1 heterocycles. The lowest BCUT2D eigenvalue weighted by Gasteiger charge is -2.13. The summed E-state index contributed by atoms with van der Waals surface area (Å²) in [4.78, 5) is 0. The summed E-state index contributed by atoms with van der Waals surface area (Å²) in [7, 11) is 4.20. The second-order valence-electron chi connectivity index (χ2n) is 4.74. The van der Waals surface area contributed by atoms with Crippen molar-refractivity contribution in [3.63, 3.8) is 0 Å². The largest absolute Gasteiger partial charge is 0.288 e. The van der Waals surface area contributed by atoms with Crippen molar-refractivity contribution in [1.82, 2.24) is 4.57 Å². The summed E-state index contributed by atoms with van der Waals surface area (Å²) in [6.07, 6.45) is 5.37. The maximum atomic E-state index is 2.29. The molecule has 2 nitrogen and oxygen atoms in total. The van der Waals surface area contributed by atoms with E-state index in [4.69, 9.17) is 0 Å². The van der Waals surface area contributed by atoms with Gasteiger partial charge in [0.15, 0.2) is 0 Å². The van der Waals surface area contributed by atoms with Crippen LogP contribution in [0.1, 0.15) is 31.7 Å². The minimum Gasteiger partial charge on any atom is -0.233 e. The van der Waals surface area contributed by atoms with Gasteiger partial charge in [-0.25, -0.2) is 9.13 Å². The number of rotatable bonds is 3. The number of hydrogen-bond donors (Lipinski definition) is 0. The van der Waals surface area contributed by atoms with Crippen molar-refractivity contribution in [2.75, 3.05) is 0 Å². The Morgan fingerprint density at radius 3 is 2.59 bits per heavy atom. The fourth-order valence-corrected chi connectivity index (χ4v) is 2.32. The molecular weight excluding hydrogens is 208 g/mol. The summed E-state index contributed by atoms with van der Waals surface area (Å²) in [5.41, 5.74) is 2.78. The first-order valence-electron chi connectivity index (χ1n) is 6.25. The van der Waals surface area contributed by atoms with E-state index in [1.54, 1.807) is 0 Å². The molecule has 0 radical (unpaired) electrons. The zero-order valence-electron chi connectivity index (χ0n) is 11.1. The number of hydrogen-bond acceptors (Lipinski definition) is 0. The summed E-state index contributed by atoms with van der Waals surface area (Å²) in [6.45, 7) is 4.54. The van der Waals surface area contributed by atoms with Gasteiger partial charge >= 0.3 is 0 Å². The molecule has 0 aliphatic heterocycles. The van der Waals surface area contributed by atoms with Gasteiger partial charge in [-0.1, -0.05) is 32.0 Å². The molecular formula is C15H21N2+. The van der Waals surface area contributed by atoms with Gasteiger partial charge in [0.2, 0.25) is 0 Å². The van der Waals surface area contributed by atoms with E-state index in [2.05, 4.69) is 73.7 Å². The Morgan fingerprint density at radius 2 is 2.00 bits per heavy atom. The molecule has 1 aromatic heterocycles. The molecule has 0 saturated carbocycles. The van der Waals surface area contributed by atoms with Crippen LogP contribution in [-0.2, 0) is 14.1 Å². The predicted molar refractivity (Wildman–Crippen MR) is 70.7 cm³/mol. The molecule has 2 rings (SSSR count). The van der Waals surface area contributed by atoms with Gasteiger partial charge in [-0.2, -0.15) is 0 Å². The predicted octanol–water partition coefficient (Wildman–Crippen LogP) is 3.03. The highest BCUT2D eigenvalue weighted by Crippen LogP contribution is 2.28. The normalized spacial score (nSPS) is 12.7. The summed E-state index contributed by atoms with van der Waals surface area (Å²) in [5.74, 6) is 1.86. The molecule has 90 valence electrons. The highest BCUT2D eigenvalue weighted by molar-refractivity contribution is 5.59. The standard InChI is InChI=1S/C15H21N2/c1-5-12(2)13-8-6-7-9-14(13)15-16(3)10-11-17(15)4/h6-12H,5H2,1-4H3/q+1. The first kappa shape index (κ1) is 11.9. The first-order chi connectivity index (χ1) is 8.15. The second-order valence-corrected chi connectivity index (χ2v) is 4.74.